The zero-order chi connectivity index (χ0) is 10.6. The number of benzene rings is 1. The Morgan fingerprint density at radius 2 is 2.07 bits per heavy atom. The number of hydrogen-bond acceptors (Lipinski definition) is 1. The molecule has 0 bridgehead atoms. The van der Waals surface area contributed by atoms with Crippen LogP contribution in [0.4, 0.5) is 0 Å². The van der Waals surface area contributed by atoms with Crippen LogP contribution in [-0.2, 0) is 4.79 Å². The van der Waals surface area contributed by atoms with Crippen molar-refractivity contribution in [3.63, 3.8) is 0 Å². The van der Waals surface area contributed by atoms with E-state index >= 15 is 0 Å². The van der Waals surface area contributed by atoms with Crippen molar-refractivity contribution in [2.75, 3.05) is 7.05 Å². The average Bonchev–Trinajstić information content (AvgIpc) is 2.19. The van der Waals surface area contributed by atoms with Gasteiger partial charge in [0.15, 0.2) is 0 Å². The largest absolute Gasteiger partial charge is 0.356 e. The molecule has 1 rings (SSSR count). The molecule has 1 amide bonds. The van der Waals surface area contributed by atoms with E-state index in [1.807, 2.05) is 0 Å². The smallest absolute Gasteiger partial charge is 0.243 e. The number of amides is 1. The fraction of sp³-hybridized carbons (Fsp3) is 0.100. The predicted molar refractivity (Wildman–Crippen MR) is 59.6 cm³/mol. The third-order valence-corrected chi connectivity index (χ3v) is 2.36. The molecule has 0 fully saturated rings. The van der Waals surface area contributed by atoms with E-state index in [1.165, 1.54) is 6.08 Å². The second-order valence-electron chi connectivity index (χ2n) is 2.62. The molecule has 0 aliphatic carbocycles. The number of rotatable bonds is 2. The fourth-order valence-electron chi connectivity index (χ4n) is 0.871. The molecule has 1 aromatic rings. The first kappa shape index (κ1) is 11.1. The molecular weight excluding hydrogens is 221 g/mol. The summed E-state index contributed by atoms with van der Waals surface area (Å²) in [6.07, 6.45) is 3.10. The Hall–Kier alpha value is -0.990. The van der Waals surface area contributed by atoms with Crippen LogP contribution in [0.1, 0.15) is 5.56 Å². The number of carbonyl (C=O) groups excluding carboxylic acids is 1. The topological polar surface area (TPSA) is 29.1 Å². The van der Waals surface area contributed by atoms with Gasteiger partial charge in [0.2, 0.25) is 5.91 Å². The Morgan fingerprint density at radius 3 is 2.64 bits per heavy atom. The molecule has 0 aromatic heterocycles. The van der Waals surface area contributed by atoms with Gasteiger partial charge in [-0.2, -0.15) is 0 Å². The number of nitrogens with one attached hydrogen (secondary N) is 1. The van der Waals surface area contributed by atoms with E-state index in [1.54, 1.807) is 31.3 Å². The van der Waals surface area contributed by atoms with Crippen molar-refractivity contribution < 1.29 is 4.79 Å². The molecule has 0 radical (unpaired) electrons. The van der Waals surface area contributed by atoms with Crippen molar-refractivity contribution in [3.05, 3.63) is 39.9 Å². The number of likely N-dealkylation sites (N-methyl/N-ethyl adjacent to an activating group) is 1. The van der Waals surface area contributed by atoms with Crippen LogP contribution in [0.5, 0.6) is 0 Å². The predicted octanol–water partition coefficient (Wildman–Crippen LogP) is 2.75. The Morgan fingerprint density at radius 1 is 1.36 bits per heavy atom. The van der Waals surface area contributed by atoms with Gasteiger partial charge in [-0.1, -0.05) is 29.3 Å². The van der Waals surface area contributed by atoms with Crippen LogP contribution < -0.4 is 5.32 Å². The molecule has 14 heavy (non-hydrogen) atoms. The third kappa shape index (κ3) is 3.05. The van der Waals surface area contributed by atoms with Gasteiger partial charge < -0.3 is 5.32 Å². The summed E-state index contributed by atoms with van der Waals surface area (Å²) < 4.78 is 0. The molecule has 1 N–H and O–H groups in total. The van der Waals surface area contributed by atoms with Gasteiger partial charge in [-0.05, 0) is 23.8 Å². The van der Waals surface area contributed by atoms with Crippen molar-refractivity contribution in [2.45, 2.75) is 0 Å². The zero-order valence-electron chi connectivity index (χ0n) is 7.55. The summed E-state index contributed by atoms with van der Waals surface area (Å²) in [6, 6.07) is 5.17. The van der Waals surface area contributed by atoms with Gasteiger partial charge in [-0.15, -0.1) is 0 Å². The lowest BCUT2D eigenvalue weighted by atomic mass is 10.2. The van der Waals surface area contributed by atoms with Crippen LogP contribution in [-0.4, -0.2) is 13.0 Å². The molecule has 4 heteroatoms. The van der Waals surface area contributed by atoms with Crippen LogP contribution in [0.25, 0.3) is 6.08 Å². The normalized spacial score (nSPS) is 10.5. The highest BCUT2D eigenvalue weighted by Gasteiger charge is 1.97. The van der Waals surface area contributed by atoms with Crippen LogP contribution in [0.3, 0.4) is 0 Å². The van der Waals surface area contributed by atoms with E-state index in [-0.39, 0.29) is 5.91 Å². The molecule has 2 nitrogen and oxygen atoms in total. The first-order valence-electron chi connectivity index (χ1n) is 3.98. The lowest BCUT2D eigenvalue weighted by molar-refractivity contribution is -0.115. The van der Waals surface area contributed by atoms with Gasteiger partial charge in [-0.3, -0.25) is 4.79 Å². The minimum absolute atomic E-state index is 0.156. The molecule has 0 saturated heterocycles. The second-order valence-corrected chi connectivity index (χ2v) is 3.44. The monoisotopic (exact) mass is 229 g/mol. The lowest BCUT2D eigenvalue weighted by Crippen LogP contribution is -2.13. The summed E-state index contributed by atoms with van der Waals surface area (Å²) in [6.45, 7) is 0. The van der Waals surface area contributed by atoms with Gasteiger partial charge in [0.25, 0.3) is 0 Å². The lowest BCUT2D eigenvalue weighted by Gasteiger charge is -1.97. The maximum absolute atomic E-state index is 10.9. The van der Waals surface area contributed by atoms with E-state index in [9.17, 15) is 4.79 Å². The molecule has 0 unspecified atom stereocenters. The Labute approximate surface area is 92.5 Å². The summed E-state index contributed by atoms with van der Waals surface area (Å²) in [5.74, 6) is -0.156. The van der Waals surface area contributed by atoms with Crippen molar-refractivity contribution in [1.82, 2.24) is 5.32 Å². The first-order chi connectivity index (χ1) is 6.63. The highest BCUT2D eigenvalue weighted by molar-refractivity contribution is 6.42. The average molecular weight is 230 g/mol. The number of carbonyl (C=O) groups is 1. The van der Waals surface area contributed by atoms with Crippen molar-refractivity contribution in [3.8, 4) is 0 Å². The van der Waals surface area contributed by atoms with Crippen LogP contribution in [0.15, 0.2) is 24.3 Å². The highest BCUT2D eigenvalue weighted by Crippen LogP contribution is 2.22. The van der Waals surface area contributed by atoms with E-state index in [0.717, 1.165) is 5.56 Å². The molecule has 0 atom stereocenters. The van der Waals surface area contributed by atoms with Gasteiger partial charge in [0, 0.05) is 13.1 Å². The Kier molecular flexibility index (Phi) is 3.98. The summed E-state index contributed by atoms with van der Waals surface area (Å²) in [5.41, 5.74) is 0.836. The molecule has 0 aliphatic rings. The zero-order valence-corrected chi connectivity index (χ0v) is 9.06. The van der Waals surface area contributed by atoms with Gasteiger partial charge in [-0.25, -0.2) is 0 Å². The number of halogens is 2. The van der Waals surface area contributed by atoms with Crippen LogP contribution >= 0.6 is 23.2 Å². The molecule has 1 aromatic carbocycles. The van der Waals surface area contributed by atoms with Crippen molar-refractivity contribution in [2.24, 2.45) is 0 Å². The Balaban J connectivity index is 2.83. The first-order valence-corrected chi connectivity index (χ1v) is 4.74. The van der Waals surface area contributed by atoms with Gasteiger partial charge >= 0.3 is 0 Å². The molecular formula is C10H9Cl2NO. The minimum Gasteiger partial charge on any atom is -0.356 e. The summed E-state index contributed by atoms with van der Waals surface area (Å²) >= 11 is 11.5. The highest BCUT2D eigenvalue weighted by atomic mass is 35.5. The quantitative estimate of drug-likeness (QED) is 0.777. The standard InChI is InChI=1S/C10H9Cl2NO/c1-13-10(14)5-3-7-2-4-8(11)9(12)6-7/h2-6H,1H3,(H,13,14)/b5-3+. The van der Waals surface area contributed by atoms with E-state index < -0.39 is 0 Å². The van der Waals surface area contributed by atoms with E-state index in [4.69, 9.17) is 23.2 Å². The molecule has 0 saturated carbocycles. The van der Waals surface area contributed by atoms with Crippen molar-refractivity contribution in [1.29, 1.82) is 0 Å². The molecule has 0 heterocycles. The second kappa shape index (κ2) is 5.03. The van der Waals surface area contributed by atoms with Crippen molar-refractivity contribution >= 4 is 35.2 Å². The maximum Gasteiger partial charge on any atom is 0.243 e. The Bertz CT molecular complexity index is 374. The van der Waals surface area contributed by atoms with Gasteiger partial charge in [0.05, 0.1) is 10.0 Å². The number of hydrogen-bond donors (Lipinski definition) is 1. The summed E-state index contributed by atoms with van der Waals surface area (Å²) in [7, 11) is 1.57. The minimum atomic E-state index is -0.156. The molecule has 0 spiro atoms. The summed E-state index contributed by atoms with van der Waals surface area (Å²) in [5, 5.41) is 3.46. The fourth-order valence-corrected chi connectivity index (χ4v) is 1.18. The SMILES string of the molecule is CNC(=O)/C=C/c1ccc(Cl)c(Cl)c1. The van der Waals surface area contributed by atoms with Crippen LogP contribution in [0.2, 0.25) is 10.0 Å². The maximum atomic E-state index is 10.9. The molecule has 74 valence electrons. The van der Waals surface area contributed by atoms with E-state index in [2.05, 4.69) is 5.32 Å². The van der Waals surface area contributed by atoms with Gasteiger partial charge in [0.1, 0.15) is 0 Å². The van der Waals surface area contributed by atoms with E-state index in [0.29, 0.717) is 10.0 Å². The third-order valence-electron chi connectivity index (χ3n) is 1.62. The van der Waals surface area contributed by atoms with Crippen LogP contribution in [0, 0.1) is 0 Å². The summed E-state index contributed by atoms with van der Waals surface area (Å²) in [4.78, 5) is 10.9. The molecule has 0 aliphatic heterocycles.